The topological polar surface area (TPSA) is 17.1 Å². The Bertz CT molecular complexity index is 313. The molecule has 1 aliphatic carbocycles. The number of carbonyl (C=O) groups is 1. The zero-order valence-corrected chi connectivity index (χ0v) is 12.0. The van der Waals surface area contributed by atoms with Crippen molar-refractivity contribution >= 4 is 5.78 Å². The van der Waals surface area contributed by atoms with Gasteiger partial charge in [0.05, 0.1) is 0 Å². The van der Waals surface area contributed by atoms with Crippen molar-refractivity contribution in [1.82, 2.24) is 0 Å². The molecule has 1 aliphatic rings. The van der Waals surface area contributed by atoms with Gasteiger partial charge in [-0.3, -0.25) is 4.79 Å². The van der Waals surface area contributed by atoms with Crippen molar-refractivity contribution in [2.24, 2.45) is 17.3 Å². The van der Waals surface area contributed by atoms with Crippen LogP contribution in [0, 0.1) is 17.3 Å². The van der Waals surface area contributed by atoms with Crippen LogP contribution in [0.3, 0.4) is 0 Å². The molecule has 0 aliphatic heterocycles. The van der Waals surface area contributed by atoms with Crippen molar-refractivity contribution in [2.45, 2.75) is 41.0 Å². The number of allylic oxidation sites excluding steroid dienone is 4. The van der Waals surface area contributed by atoms with Crippen molar-refractivity contribution in [1.29, 1.82) is 0 Å². The van der Waals surface area contributed by atoms with Gasteiger partial charge in [0.15, 0.2) is 5.78 Å². The molecule has 0 aromatic carbocycles. The second-order valence-electron chi connectivity index (χ2n) is 5.35. The second-order valence-corrected chi connectivity index (χ2v) is 5.35. The van der Waals surface area contributed by atoms with Gasteiger partial charge in [-0.1, -0.05) is 38.5 Å². The van der Waals surface area contributed by atoms with Crippen molar-refractivity contribution in [3.63, 3.8) is 0 Å². The Morgan fingerprint density at radius 1 is 1.50 bits per heavy atom. The van der Waals surface area contributed by atoms with Crippen LogP contribution in [0.4, 0.5) is 0 Å². The Morgan fingerprint density at radius 3 is 2.56 bits per heavy atom. The zero-order valence-electron chi connectivity index (χ0n) is 10.9. The van der Waals surface area contributed by atoms with E-state index in [1.165, 1.54) is 5.57 Å². The van der Waals surface area contributed by atoms with E-state index >= 15 is 0 Å². The molecule has 0 aromatic heterocycles. The summed E-state index contributed by atoms with van der Waals surface area (Å²) in [4.78, 5) is 11.0. The molecule has 2 unspecified atom stereocenters. The Kier molecular flexibility index (Phi) is 5.72. The van der Waals surface area contributed by atoms with Crippen molar-refractivity contribution in [3.05, 3.63) is 23.8 Å². The molecular formula is C14H22FeO. The third kappa shape index (κ3) is 3.33. The molecule has 1 nitrogen and oxygen atoms in total. The smallest absolute Gasteiger partial charge is 0.152 e. The van der Waals surface area contributed by atoms with Crippen LogP contribution in [0.25, 0.3) is 0 Å². The number of carbonyl (C=O) groups excluding carboxylic acids is 1. The van der Waals surface area contributed by atoms with Gasteiger partial charge in [-0.2, -0.15) is 0 Å². The molecule has 0 heterocycles. The van der Waals surface area contributed by atoms with E-state index in [9.17, 15) is 4.79 Å². The standard InChI is InChI=1S/C14H22O.Fe/c1-10-6-7-11(2)14(4,5)13(10)9-8-12(3)15;/h6,8-9,11,13H,7H2,1-5H3;/b9-8+;. The average Bonchev–Trinajstić information content (AvgIpc) is 2.11. The quantitative estimate of drug-likeness (QED) is 0.420. The minimum Gasteiger partial charge on any atom is -0.295 e. The minimum absolute atomic E-state index is 0. The van der Waals surface area contributed by atoms with E-state index < -0.39 is 0 Å². The predicted octanol–water partition coefficient (Wildman–Crippen LogP) is 3.76. The molecule has 0 bridgehead atoms. The molecule has 0 fully saturated rings. The van der Waals surface area contributed by atoms with Crippen LogP contribution in [0.2, 0.25) is 0 Å². The maximum Gasteiger partial charge on any atom is 0.152 e. The average molecular weight is 262 g/mol. The Morgan fingerprint density at radius 2 is 2.06 bits per heavy atom. The Hall–Kier alpha value is -0.331. The predicted molar refractivity (Wildman–Crippen MR) is 64.6 cm³/mol. The van der Waals surface area contributed by atoms with Crippen molar-refractivity contribution in [2.75, 3.05) is 0 Å². The number of hydrogen-bond acceptors (Lipinski definition) is 1. The first-order chi connectivity index (χ1) is 6.85. The van der Waals surface area contributed by atoms with Crippen LogP contribution < -0.4 is 0 Å². The van der Waals surface area contributed by atoms with Gasteiger partial charge >= 0.3 is 0 Å². The maximum absolute atomic E-state index is 11.0. The summed E-state index contributed by atoms with van der Waals surface area (Å²) in [6.07, 6.45) is 7.25. The van der Waals surface area contributed by atoms with Crippen LogP contribution in [0.1, 0.15) is 41.0 Å². The van der Waals surface area contributed by atoms with Gasteiger partial charge in [-0.05, 0) is 37.7 Å². The fourth-order valence-corrected chi connectivity index (χ4v) is 2.32. The van der Waals surface area contributed by atoms with Crippen LogP contribution in [0.5, 0.6) is 0 Å². The van der Waals surface area contributed by atoms with E-state index in [0.717, 1.165) is 6.42 Å². The molecule has 0 saturated carbocycles. The monoisotopic (exact) mass is 262 g/mol. The molecular weight excluding hydrogens is 240 g/mol. The summed E-state index contributed by atoms with van der Waals surface area (Å²) in [5.41, 5.74) is 1.65. The van der Waals surface area contributed by atoms with Gasteiger partial charge < -0.3 is 0 Å². The van der Waals surface area contributed by atoms with Crippen LogP contribution in [-0.4, -0.2) is 5.78 Å². The first-order valence-corrected chi connectivity index (χ1v) is 5.71. The van der Waals surface area contributed by atoms with Gasteiger partial charge in [-0.25, -0.2) is 0 Å². The Balaban J connectivity index is 0.00000225. The summed E-state index contributed by atoms with van der Waals surface area (Å²) in [6, 6.07) is 0. The number of rotatable bonds is 2. The van der Waals surface area contributed by atoms with E-state index in [-0.39, 0.29) is 28.3 Å². The van der Waals surface area contributed by atoms with Gasteiger partial charge in [0.2, 0.25) is 0 Å². The molecule has 0 amide bonds. The third-order valence-corrected chi connectivity index (χ3v) is 3.88. The van der Waals surface area contributed by atoms with E-state index in [1.54, 1.807) is 13.0 Å². The number of ketones is 1. The summed E-state index contributed by atoms with van der Waals surface area (Å²) in [7, 11) is 0. The summed E-state index contributed by atoms with van der Waals surface area (Å²) in [5.74, 6) is 1.21. The molecule has 0 spiro atoms. The Labute approximate surface area is 110 Å². The van der Waals surface area contributed by atoms with Gasteiger partial charge in [0.1, 0.15) is 0 Å². The fourth-order valence-electron chi connectivity index (χ4n) is 2.32. The molecule has 2 atom stereocenters. The molecule has 0 aromatic rings. The summed E-state index contributed by atoms with van der Waals surface area (Å²) >= 11 is 0. The summed E-state index contributed by atoms with van der Waals surface area (Å²) in [5, 5.41) is 0. The largest absolute Gasteiger partial charge is 0.295 e. The van der Waals surface area contributed by atoms with E-state index in [2.05, 4.69) is 39.8 Å². The number of hydrogen-bond donors (Lipinski definition) is 0. The third-order valence-electron chi connectivity index (χ3n) is 3.88. The van der Waals surface area contributed by atoms with Crippen LogP contribution >= 0.6 is 0 Å². The molecule has 92 valence electrons. The van der Waals surface area contributed by atoms with Gasteiger partial charge in [0.25, 0.3) is 0 Å². The van der Waals surface area contributed by atoms with E-state index in [1.807, 2.05) is 0 Å². The molecule has 2 heteroatoms. The normalized spacial score (nSPS) is 28.4. The van der Waals surface area contributed by atoms with Crippen LogP contribution in [-0.2, 0) is 21.9 Å². The fraction of sp³-hybridized carbons (Fsp3) is 0.643. The minimum atomic E-state index is 0. The van der Waals surface area contributed by atoms with Crippen LogP contribution in [0.15, 0.2) is 23.8 Å². The zero-order chi connectivity index (χ0) is 11.6. The maximum atomic E-state index is 11.0. The molecule has 1 rings (SSSR count). The summed E-state index contributed by atoms with van der Waals surface area (Å²) in [6.45, 7) is 10.7. The molecule has 0 radical (unpaired) electrons. The van der Waals surface area contributed by atoms with Gasteiger partial charge in [0, 0.05) is 23.0 Å². The SMILES string of the molecule is CC(=O)/C=C/C1C(C)=CCC(C)C1(C)C.[Fe]. The van der Waals surface area contributed by atoms with Crippen molar-refractivity contribution in [3.8, 4) is 0 Å². The molecule has 16 heavy (non-hydrogen) atoms. The van der Waals surface area contributed by atoms with Crippen molar-refractivity contribution < 1.29 is 21.9 Å². The van der Waals surface area contributed by atoms with E-state index in [0.29, 0.717) is 11.8 Å². The second kappa shape index (κ2) is 5.84. The van der Waals surface area contributed by atoms with E-state index in [4.69, 9.17) is 0 Å². The first-order valence-electron chi connectivity index (χ1n) is 5.71. The molecule has 0 N–H and O–H groups in total. The molecule has 0 saturated heterocycles. The first kappa shape index (κ1) is 15.7. The summed E-state index contributed by atoms with van der Waals surface area (Å²) < 4.78 is 0. The van der Waals surface area contributed by atoms with Gasteiger partial charge in [-0.15, -0.1) is 0 Å².